The number of carbonyl (C=O) groups is 1. The second-order valence-electron chi connectivity index (χ2n) is 7.12. The first-order valence-corrected chi connectivity index (χ1v) is 11.0. The van der Waals surface area contributed by atoms with E-state index in [9.17, 15) is 9.90 Å². The smallest absolute Gasteiger partial charge is 0.321 e. The van der Waals surface area contributed by atoms with Crippen molar-refractivity contribution in [3.63, 3.8) is 0 Å². The summed E-state index contributed by atoms with van der Waals surface area (Å²) in [6.07, 6.45) is 0. The zero-order chi connectivity index (χ0) is 23.1. The van der Waals surface area contributed by atoms with Crippen LogP contribution in [-0.4, -0.2) is 44.2 Å². The Bertz CT molecular complexity index is 904. The Morgan fingerprint density at radius 1 is 0.781 bits per heavy atom. The largest absolute Gasteiger partial charge is 0.497 e. The first kappa shape index (κ1) is 23.5. The molecule has 32 heavy (non-hydrogen) atoms. The molecule has 0 aliphatic carbocycles. The van der Waals surface area contributed by atoms with Crippen molar-refractivity contribution in [3.8, 4) is 17.2 Å². The zero-order valence-corrected chi connectivity index (χ0v) is 19.1. The van der Waals surface area contributed by atoms with Gasteiger partial charge in [0.05, 0.1) is 26.1 Å². The summed E-state index contributed by atoms with van der Waals surface area (Å²) in [5, 5.41) is 9.41. The van der Waals surface area contributed by atoms with Crippen molar-refractivity contribution in [2.75, 3.05) is 27.1 Å². The Hall–Kier alpha value is -3.16. The van der Waals surface area contributed by atoms with Gasteiger partial charge in [-0.1, -0.05) is 36.4 Å². The molecule has 0 unspecified atom stereocenters. The van der Waals surface area contributed by atoms with Crippen LogP contribution in [0.3, 0.4) is 0 Å². The Morgan fingerprint density at radius 2 is 1.09 bits per heavy atom. The van der Waals surface area contributed by atoms with Gasteiger partial charge in [-0.2, -0.15) is 0 Å². The molecule has 7 heteroatoms. The molecule has 168 valence electrons. The minimum atomic E-state index is -1.04. The number of thioether (sulfide) groups is 1. The first-order chi connectivity index (χ1) is 15.4. The summed E-state index contributed by atoms with van der Waals surface area (Å²) in [6.45, 7) is 0. The lowest BCUT2D eigenvalue weighted by Crippen LogP contribution is -2.36. The van der Waals surface area contributed by atoms with E-state index >= 15 is 0 Å². The highest BCUT2D eigenvalue weighted by Crippen LogP contribution is 2.49. The van der Waals surface area contributed by atoms with Gasteiger partial charge in [-0.05, 0) is 53.1 Å². The Balaban J connectivity index is 2.23. The van der Waals surface area contributed by atoms with Crippen LogP contribution in [-0.2, 0) is 9.54 Å². The molecule has 3 aromatic rings. The van der Waals surface area contributed by atoms with Gasteiger partial charge < -0.3 is 25.1 Å². The maximum atomic E-state index is 11.5. The molecule has 0 aromatic heterocycles. The quantitative estimate of drug-likeness (QED) is 0.446. The lowest BCUT2D eigenvalue weighted by atomic mass is 9.84. The maximum Gasteiger partial charge on any atom is 0.321 e. The second-order valence-corrected chi connectivity index (χ2v) is 8.36. The van der Waals surface area contributed by atoms with Gasteiger partial charge in [0.1, 0.15) is 23.3 Å². The van der Waals surface area contributed by atoms with Crippen LogP contribution in [0.2, 0.25) is 0 Å². The third-order valence-corrected chi connectivity index (χ3v) is 6.95. The molecule has 0 saturated heterocycles. The van der Waals surface area contributed by atoms with Gasteiger partial charge in [0.2, 0.25) is 0 Å². The molecule has 0 fully saturated rings. The van der Waals surface area contributed by atoms with E-state index < -0.39 is 16.8 Å². The van der Waals surface area contributed by atoms with E-state index in [0.717, 1.165) is 33.9 Å². The highest BCUT2D eigenvalue weighted by molar-refractivity contribution is 8.00. The number of carboxylic acids is 1. The fourth-order valence-electron chi connectivity index (χ4n) is 3.51. The number of aliphatic carboxylic acids is 1. The van der Waals surface area contributed by atoms with Gasteiger partial charge in [-0.25, -0.2) is 0 Å². The van der Waals surface area contributed by atoms with E-state index in [4.69, 9.17) is 19.9 Å². The van der Waals surface area contributed by atoms with Gasteiger partial charge in [0, 0.05) is 5.75 Å². The van der Waals surface area contributed by atoms with Crippen molar-refractivity contribution in [1.29, 1.82) is 0 Å². The van der Waals surface area contributed by atoms with E-state index in [1.54, 1.807) is 21.3 Å². The standard InChI is InChI=1S/C25H27NO5S/c1-29-20-10-4-17(5-11-20)25(32-16-23(26)24(27)28,18-6-12-21(30-2)13-7-18)19-8-14-22(31-3)15-9-19/h4-15,23H,16,26H2,1-3H3,(H,27,28)/t23-/m0/s1. The van der Waals surface area contributed by atoms with E-state index in [1.807, 2.05) is 72.8 Å². The number of ether oxygens (including phenoxy) is 3. The highest BCUT2D eigenvalue weighted by Gasteiger charge is 2.38. The Labute approximate surface area is 192 Å². The maximum absolute atomic E-state index is 11.5. The molecule has 0 bridgehead atoms. The van der Waals surface area contributed by atoms with Gasteiger partial charge in [0.25, 0.3) is 0 Å². The lowest BCUT2D eigenvalue weighted by Gasteiger charge is -2.36. The minimum absolute atomic E-state index is 0.208. The van der Waals surface area contributed by atoms with Crippen molar-refractivity contribution in [3.05, 3.63) is 89.5 Å². The molecule has 3 N–H and O–H groups in total. The predicted octanol–water partition coefficient (Wildman–Crippen LogP) is 4.15. The predicted molar refractivity (Wildman–Crippen MR) is 127 cm³/mol. The summed E-state index contributed by atoms with van der Waals surface area (Å²) < 4.78 is 15.3. The Kier molecular flexibility index (Phi) is 7.66. The second kappa shape index (κ2) is 10.4. The Morgan fingerprint density at radius 3 is 1.34 bits per heavy atom. The fourth-order valence-corrected chi connectivity index (χ4v) is 4.99. The molecular formula is C25H27NO5S. The van der Waals surface area contributed by atoms with Crippen LogP contribution in [0.1, 0.15) is 16.7 Å². The zero-order valence-electron chi connectivity index (χ0n) is 18.3. The van der Waals surface area contributed by atoms with Gasteiger partial charge in [-0.3, -0.25) is 4.79 Å². The monoisotopic (exact) mass is 453 g/mol. The summed E-state index contributed by atoms with van der Waals surface area (Å²) in [4.78, 5) is 11.5. The minimum Gasteiger partial charge on any atom is -0.497 e. The van der Waals surface area contributed by atoms with Crippen LogP contribution in [0.15, 0.2) is 72.8 Å². The molecule has 0 spiro atoms. The fraction of sp³-hybridized carbons (Fsp3) is 0.240. The average Bonchev–Trinajstić information content (AvgIpc) is 2.85. The van der Waals surface area contributed by atoms with E-state index in [-0.39, 0.29) is 5.75 Å². The summed E-state index contributed by atoms with van der Waals surface area (Å²) in [5.74, 6) is 1.38. The molecule has 6 nitrogen and oxygen atoms in total. The molecule has 0 saturated carbocycles. The van der Waals surface area contributed by atoms with Gasteiger partial charge in [-0.15, -0.1) is 11.8 Å². The number of methoxy groups -OCH3 is 3. The van der Waals surface area contributed by atoms with Gasteiger partial charge >= 0.3 is 5.97 Å². The molecule has 0 aliphatic rings. The van der Waals surface area contributed by atoms with Crippen LogP contribution in [0.25, 0.3) is 0 Å². The number of rotatable bonds is 10. The van der Waals surface area contributed by atoms with Gasteiger partial charge in [0.15, 0.2) is 0 Å². The molecular weight excluding hydrogens is 426 g/mol. The molecule has 0 amide bonds. The van der Waals surface area contributed by atoms with Crippen LogP contribution in [0, 0.1) is 0 Å². The SMILES string of the molecule is COc1ccc(C(SC[C@H](N)C(=O)O)(c2ccc(OC)cc2)c2ccc(OC)cc2)cc1. The molecule has 0 heterocycles. The molecule has 0 aliphatic heterocycles. The van der Waals surface area contributed by atoms with Crippen molar-refractivity contribution in [2.24, 2.45) is 5.73 Å². The molecule has 3 aromatic carbocycles. The molecule has 0 radical (unpaired) electrons. The normalized spacial score (nSPS) is 12.1. The molecule has 1 atom stereocenters. The van der Waals surface area contributed by atoms with Crippen molar-refractivity contribution < 1.29 is 24.1 Å². The van der Waals surface area contributed by atoms with Crippen molar-refractivity contribution in [1.82, 2.24) is 0 Å². The topological polar surface area (TPSA) is 91.0 Å². The summed E-state index contributed by atoms with van der Waals surface area (Å²) in [5.41, 5.74) is 8.82. The van der Waals surface area contributed by atoms with Crippen LogP contribution < -0.4 is 19.9 Å². The van der Waals surface area contributed by atoms with Crippen molar-refractivity contribution in [2.45, 2.75) is 10.8 Å². The van der Waals surface area contributed by atoms with Crippen LogP contribution >= 0.6 is 11.8 Å². The number of carboxylic acid groups (broad SMARTS) is 1. The molecule has 3 rings (SSSR count). The summed E-state index contributed by atoms with van der Waals surface area (Å²) >= 11 is 1.48. The van der Waals surface area contributed by atoms with Crippen LogP contribution in [0.5, 0.6) is 17.2 Å². The van der Waals surface area contributed by atoms with E-state index in [2.05, 4.69) is 0 Å². The number of hydrogen-bond acceptors (Lipinski definition) is 6. The third-order valence-electron chi connectivity index (χ3n) is 5.29. The number of hydrogen-bond donors (Lipinski definition) is 2. The highest BCUT2D eigenvalue weighted by atomic mass is 32.2. The summed E-state index contributed by atoms with van der Waals surface area (Å²) in [7, 11) is 4.86. The summed E-state index contributed by atoms with van der Waals surface area (Å²) in [6, 6.07) is 22.3. The lowest BCUT2D eigenvalue weighted by molar-refractivity contribution is -0.137. The first-order valence-electron chi connectivity index (χ1n) is 10.0. The van der Waals surface area contributed by atoms with E-state index in [0.29, 0.717) is 0 Å². The van der Waals surface area contributed by atoms with E-state index in [1.165, 1.54) is 11.8 Å². The van der Waals surface area contributed by atoms with Crippen LogP contribution in [0.4, 0.5) is 0 Å². The number of nitrogens with two attached hydrogens (primary N) is 1. The van der Waals surface area contributed by atoms with Crippen molar-refractivity contribution >= 4 is 17.7 Å². The third kappa shape index (κ3) is 4.84. The average molecular weight is 454 g/mol. The number of benzene rings is 3.